The molecule has 1 aliphatic rings. The van der Waals surface area contributed by atoms with Crippen LogP contribution in [0.2, 0.25) is 5.02 Å². The van der Waals surface area contributed by atoms with Crippen LogP contribution in [0.3, 0.4) is 0 Å². The molecule has 1 aliphatic heterocycles. The van der Waals surface area contributed by atoms with E-state index in [4.69, 9.17) is 11.6 Å². The molecule has 0 spiro atoms. The standard InChI is InChI=1S/C22H23ClN4O3S/c23-20-10-9-18(13-21(20)31(29,30)27-11-5-2-6-12-27)22(28)25-19-14-24-26(16-19)15-17-7-3-1-4-8-17/h1,3-4,7-10,13-14,16H,2,5-6,11-12,15H2,(H,25,28). The molecule has 0 atom stereocenters. The lowest BCUT2D eigenvalue weighted by molar-refractivity contribution is 0.102. The van der Waals surface area contributed by atoms with Gasteiger partial charge in [0.15, 0.2) is 0 Å². The van der Waals surface area contributed by atoms with Gasteiger partial charge in [0, 0.05) is 24.8 Å². The molecule has 9 heteroatoms. The summed E-state index contributed by atoms with van der Waals surface area (Å²) < 4.78 is 29.2. The van der Waals surface area contributed by atoms with Crippen LogP contribution >= 0.6 is 11.6 Å². The highest BCUT2D eigenvalue weighted by Crippen LogP contribution is 2.28. The Morgan fingerprint density at radius 2 is 1.81 bits per heavy atom. The van der Waals surface area contributed by atoms with Crippen molar-refractivity contribution in [3.8, 4) is 0 Å². The molecule has 0 unspecified atom stereocenters. The van der Waals surface area contributed by atoms with E-state index >= 15 is 0 Å². The van der Waals surface area contributed by atoms with Gasteiger partial charge in [-0.15, -0.1) is 0 Å². The molecule has 0 aliphatic carbocycles. The first-order chi connectivity index (χ1) is 14.9. The van der Waals surface area contributed by atoms with Crippen molar-refractivity contribution in [3.05, 3.63) is 77.1 Å². The SMILES string of the molecule is O=C(Nc1cnn(Cc2ccccc2)c1)c1ccc(Cl)c(S(=O)(=O)N2CCCCC2)c1. The third-order valence-electron chi connectivity index (χ3n) is 5.20. The van der Waals surface area contributed by atoms with E-state index in [-0.39, 0.29) is 15.5 Å². The Bertz CT molecular complexity index is 1170. The molecule has 1 aromatic heterocycles. The molecule has 1 N–H and O–H groups in total. The number of nitrogens with zero attached hydrogens (tertiary/aromatic N) is 3. The fourth-order valence-corrected chi connectivity index (χ4v) is 5.59. The van der Waals surface area contributed by atoms with Crippen molar-refractivity contribution < 1.29 is 13.2 Å². The van der Waals surface area contributed by atoms with E-state index in [0.717, 1.165) is 24.8 Å². The van der Waals surface area contributed by atoms with Crippen LogP contribution in [-0.2, 0) is 16.6 Å². The maximum absolute atomic E-state index is 13.0. The van der Waals surface area contributed by atoms with E-state index < -0.39 is 15.9 Å². The van der Waals surface area contributed by atoms with Gasteiger partial charge in [-0.05, 0) is 36.6 Å². The van der Waals surface area contributed by atoms with Crippen molar-refractivity contribution in [1.82, 2.24) is 14.1 Å². The largest absolute Gasteiger partial charge is 0.319 e. The predicted molar refractivity (Wildman–Crippen MR) is 120 cm³/mol. The van der Waals surface area contributed by atoms with Crippen LogP contribution in [0.15, 0.2) is 65.8 Å². The van der Waals surface area contributed by atoms with Crippen LogP contribution in [0.4, 0.5) is 5.69 Å². The van der Waals surface area contributed by atoms with Gasteiger partial charge >= 0.3 is 0 Å². The zero-order valence-corrected chi connectivity index (χ0v) is 18.4. The van der Waals surface area contributed by atoms with Gasteiger partial charge in [0.25, 0.3) is 5.91 Å². The van der Waals surface area contributed by atoms with Crippen molar-refractivity contribution in [3.63, 3.8) is 0 Å². The molecule has 3 aromatic rings. The third kappa shape index (κ3) is 4.98. The Kier molecular flexibility index (Phi) is 6.41. The topological polar surface area (TPSA) is 84.3 Å². The molecule has 0 radical (unpaired) electrons. The zero-order valence-electron chi connectivity index (χ0n) is 16.9. The highest BCUT2D eigenvalue weighted by molar-refractivity contribution is 7.89. The van der Waals surface area contributed by atoms with E-state index in [1.54, 1.807) is 17.1 Å². The van der Waals surface area contributed by atoms with Gasteiger partial charge in [0.1, 0.15) is 4.90 Å². The minimum absolute atomic E-state index is 0.0384. The van der Waals surface area contributed by atoms with Crippen LogP contribution < -0.4 is 5.32 Å². The molecule has 0 bridgehead atoms. The Hall–Kier alpha value is -2.68. The zero-order chi connectivity index (χ0) is 21.8. The molecule has 4 rings (SSSR count). The molecular formula is C22H23ClN4O3S. The predicted octanol–water partition coefficient (Wildman–Crippen LogP) is 4.01. The molecular weight excluding hydrogens is 436 g/mol. The normalized spacial score (nSPS) is 15.0. The minimum atomic E-state index is -3.75. The number of nitrogens with one attached hydrogen (secondary N) is 1. The lowest BCUT2D eigenvalue weighted by Gasteiger charge is -2.26. The van der Waals surface area contributed by atoms with Crippen molar-refractivity contribution in [2.75, 3.05) is 18.4 Å². The summed E-state index contributed by atoms with van der Waals surface area (Å²) in [7, 11) is -3.75. The van der Waals surface area contributed by atoms with Gasteiger partial charge in [-0.2, -0.15) is 9.40 Å². The number of anilines is 1. The summed E-state index contributed by atoms with van der Waals surface area (Å²) in [5.41, 5.74) is 1.83. The van der Waals surface area contributed by atoms with Gasteiger partial charge in [-0.25, -0.2) is 8.42 Å². The van der Waals surface area contributed by atoms with Gasteiger partial charge in [-0.1, -0.05) is 48.4 Å². The van der Waals surface area contributed by atoms with E-state index in [1.807, 2.05) is 30.3 Å². The van der Waals surface area contributed by atoms with Gasteiger partial charge < -0.3 is 5.32 Å². The first kappa shape index (κ1) is 21.5. The monoisotopic (exact) mass is 458 g/mol. The van der Waals surface area contributed by atoms with Gasteiger partial charge in [0.2, 0.25) is 10.0 Å². The van der Waals surface area contributed by atoms with E-state index in [1.165, 1.54) is 22.5 Å². The summed E-state index contributed by atoms with van der Waals surface area (Å²) >= 11 is 6.19. The molecule has 31 heavy (non-hydrogen) atoms. The van der Waals surface area contributed by atoms with Crippen LogP contribution in [-0.4, -0.2) is 41.5 Å². The number of hydrogen-bond acceptors (Lipinski definition) is 4. The molecule has 162 valence electrons. The lowest BCUT2D eigenvalue weighted by Crippen LogP contribution is -2.35. The second kappa shape index (κ2) is 9.21. The maximum atomic E-state index is 13.0. The second-order valence-electron chi connectivity index (χ2n) is 7.48. The van der Waals surface area contributed by atoms with Crippen molar-refractivity contribution in [2.45, 2.75) is 30.7 Å². The molecule has 0 saturated carbocycles. The van der Waals surface area contributed by atoms with Crippen molar-refractivity contribution in [1.29, 1.82) is 0 Å². The van der Waals surface area contributed by atoms with Gasteiger partial charge in [-0.3, -0.25) is 9.48 Å². The van der Waals surface area contributed by atoms with E-state index in [0.29, 0.717) is 25.3 Å². The molecule has 2 heterocycles. The molecule has 1 saturated heterocycles. The first-order valence-electron chi connectivity index (χ1n) is 10.1. The number of benzene rings is 2. The second-order valence-corrected chi connectivity index (χ2v) is 9.79. The summed E-state index contributed by atoms with van der Waals surface area (Å²) in [6.45, 7) is 1.52. The number of carbonyl (C=O) groups is 1. The highest BCUT2D eigenvalue weighted by Gasteiger charge is 2.28. The summed E-state index contributed by atoms with van der Waals surface area (Å²) in [5.74, 6) is -0.425. The fraction of sp³-hybridized carbons (Fsp3) is 0.273. The highest BCUT2D eigenvalue weighted by atomic mass is 35.5. The first-order valence-corrected chi connectivity index (χ1v) is 11.9. The van der Waals surface area contributed by atoms with Gasteiger partial charge in [0.05, 0.1) is 23.5 Å². The Morgan fingerprint density at radius 1 is 1.06 bits per heavy atom. The summed E-state index contributed by atoms with van der Waals surface area (Å²) in [4.78, 5) is 12.7. The average Bonchev–Trinajstić information content (AvgIpc) is 3.21. The van der Waals surface area contributed by atoms with E-state index in [9.17, 15) is 13.2 Å². The fourth-order valence-electron chi connectivity index (χ4n) is 3.57. The van der Waals surface area contributed by atoms with Crippen LogP contribution in [0.25, 0.3) is 0 Å². The molecule has 7 nitrogen and oxygen atoms in total. The smallest absolute Gasteiger partial charge is 0.255 e. The van der Waals surface area contributed by atoms with Crippen LogP contribution in [0.1, 0.15) is 35.2 Å². The molecule has 1 fully saturated rings. The number of piperidine rings is 1. The Balaban J connectivity index is 1.50. The number of hydrogen-bond donors (Lipinski definition) is 1. The maximum Gasteiger partial charge on any atom is 0.255 e. The van der Waals surface area contributed by atoms with Crippen molar-refractivity contribution >= 4 is 33.2 Å². The lowest BCUT2D eigenvalue weighted by atomic mass is 10.2. The quantitative estimate of drug-likeness (QED) is 0.604. The Morgan fingerprint density at radius 3 is 2.55 bits per heavy atom. The molecule has 1 amide bonds. The number of carbonyl (C=O) groups excluding carboxylic acids is 1. The average molecular weight is 459 g/mol. The number of amides is 1. The van der Waals surface area contributed by atoms with Crippen LogP contribution in [0.5, 0.6) is 0 Å². The summed E-state index contributed by atoms with van der Waals surface area (Å²) in [6, 6.07) is 14.2. The number of rotatable bonds is 6. The number of sulfonamides is 1. The van der Waals surface area contributed by atoms with E-state index in [2.05, 4.69) is 10.4 Å². The van der Waals surface area contributed by atoms with Crippen molar-refractivity contribution in [2.24, 2.45) is 0 Å². The summed E-state index contributed by atoms with van der Waals surface area (Å²) in [6.07, 6.45) is 5.95. The number of aromatic nitrogens is 2. The summed E-state index contributed by atoms with van der Waals surface area (Å²) in [5, 5.41) is 7.15. The third-order valence-corrected chi connectivity index (χ3v) is 7.58. The molecule has 2 aromatic carbocycles. The van der Waals surface area contributed by atoms with Crippen LogP contribution in [0, 0.1) is 0 Å². The number of halogens is 1. The minimum Gasteiger partial charge on any atom is -0.319 e. The Labute approximate surface area is 186 Å².